The van der Waals surface area contributed by atoms with Gasteiger partial charge in [0, 0.05) is 39.7 Å². The van der Waals surface area contributed by atoms with Crippen LogP contribution in [0.3, 0.4) is 0 Å². The molecule has 0 bridgehead atoms. The zero-order chi connectivity index (χ0) is 22.4. The average molecular weight is 437 g/mol. The molecule has 0 spiro atoms. The van der Waals surface area contributed by atoms with E-state index in [1.54, 1.807) is 42.6 Å². The molecule has 1 atom stereocenters. The van der Waals surface area contributed by atoms with Gasteiger partial charge in [-0.2, -0.15) is 0 Å². The third-order valence-electron chi connectivity index (χ3n) is 4.35. The van der Waals surface area contributed by atoms with E-state index < -0.39 is 6.10 Å². The van der Waals surface area contributed by atoms with E-state index in [9.17, 15) is 9.90 Å². The number of hydrogen-bond donors (Lipinski definition) is 5. The maximum absolute atomic E-state index is 12.2. The predicted molar refractivity (Wildman–Crippen MR) is 123 cm³/mol. The van der Waals surface area contributed by atoms with Crippen LogP contribution in [0.5, 0.6) is 0 Å². The maximum Gasteiger partial charge on any atom is 0.251 e. The van der Waals surface area contributed by atoms with Gasteiger partial charge in [-0.3, -0.25) is 9.79 Å². The summed E-state index contributed by atoms with van der Waals surface area (Å²) in [5.74, 6) is 5.95. The molecule has 1 heterocycles. The van der Waals surface area contributed by atoms with E-state index in [1.165, 1.54) is 0 Å². The molecule has 0 radical (unpaired) electrons. The summed E-state index contributed by atoms with van der Waals surface area (Å²) in [5.41, 5.74) is 18.1. The van der Waals surface area contributed by atoms with Crippen LogP contribution in [-0.4, -0.2) is 41.2 Å². The monoisotopic (exact) mass is 436 g/mol. The number of nitrogens with one attached hydrogen (secondary N) is 1. The number of pyridine rings is 1. The first kappa shape index (κ1) is 21.9. The van der Waals surface area contributed by atoms with E-state index in [0.29, 0.717) is 27.5 Å². The van der Waals surface area contributed by atoms with Crippen molar-refractivity contribution in [3.05, 3.63) is 70.4 Å². The number of carbonyl (C=O) groups excluding carboxylic acids is 1. The van der Waals surface area contributed by atoms with E-state index in [1.807, 2.05) is 6.07 Å². The molecule has 8 N–H and O–H groups in total. The zero-order valence-electron chi connectivity index (χ0n) is 16.5. The number of carbonyl (C=O) groups is 1. The summed E-state index contributed by atoms with van der Waals surface area (Å²) in [6, 6.07) is 12.2. The smallest absolute Gasteiger partial charge is 0.251 e. The van der Waals surface area contributed by atoms with E-state index in [2.05, 4.69) is 27.1 Å². The molecule has 3 rings (SSSR count). The number of guanidine groups is 1. The SMILES string of the molecule is NC(N)=NCC(O)CNC(=O)c1ccc(C#Cc2c(N)ncc3ccc(Cl)cc23)cc1. The van der Waals surface area contributed by atoms with Crippen molar-refractivity contribution in [1.82, 2.24) is 10.3 Å². The molecule has 1 aromatic heterocycles. The zero-order valence-corrected chi connectivity index (χ0v) is 17.2. The number of nitrogens with zero attached hydrogens (tertiary/aromatic N) is 2. The van der Waals surface area contributed by atoms with Crippen molar-refractivity contribution in [1.29, 1.82) is 0 Å². The first-order chi connectivity index (χ1) is 14.8. The Morgan fingerprint density at radius 1 is 1.19 bits per heavy atom. The third kappa shape index (κ3) is 5.85. The Morgan fingerprint density at radius 3 is 2.65 bits per heavy atom. The van der Waals surface area contributed by atoms with Crippen LogP contribution in [0.15, 0.2) is 53.7 Å². The number of aliphatic imine (C=N–C) groups is 1. The second kappa shape index (κ2) is 9.80. The first-order valence-electron chi connectivity index (χ1n) is 9.31. The van der Waals surface area contributed by atoms with Crippen LogP contribution >= 0.6 is 11.6 Å². The summed E-state index contributed by atoms with van der Waals surface area (Å²) in [7, 11) is 0. The van der Waals surface area contributed by atoms with Gasteiger partial charge in [-0.1, -0.05) is 29.5 Å². The summed E-state index contributed by atoms with van der Waals surface area (Å²) < 4.78 is 0. The summed E-state index contributed by atoms with van der Waals surface area (Å²) in [6.45, 7) is 0.0294. The normalized spacial score (nSPS) is 11.3. The van der Waals surface area contributed by atoms with Crippen molar-refractivity contribution in [2.75, 3.05) is 18.8 Å². The Balaban J connectivity index is 1.71. The number of aromatic nitrogens is 1. The van der Waals surface area contributed by atoms with Crippen LogP contribution in [0.1, 0.15) is 21.5 Å². The number of hydrogen-bond acceptors (Lipinski definition) is 5. The molecule has 0 aliphatic heterocycles. The Kier molecular flexibility index (Phi) is 6.92. The number of nitrogens with two attached hydrogens (primary N) is 3. The Morgan fingerprint density at radius 2 is 1.94 bits per heavy atom. The third-order valence-corrected chi connectivity index (χ3v) is 4.58. The number of aliphatic hydroxyl groups excluding tert-OH is 1. The van der Waals surface area contributed by atoms with Gasteiger partial charge in [0.1, 0.15) is 5.82 Å². The van der Waals surface area contributed by atoms with Crippen LogP contribution in [-0.2, 0) is 0 Å². The lowest BCUT2D eigenvalue weighted by molar-refractivity contribution is 0.0920. The van der Waals surface area contributed by atoms with Crippen LogP contribution < -0.4 is 22.5 Å². The number of rotatable bonds is 5. The summed E-state index contributed by atoms with van der Waals surface area (Å²) in [4.78, 5) is 20.1. The number of amides is 1. The maximum atomic E-state index is 12.2. The lowest BCUT2D eigenvalue weighted by Gasteiger charge is -2.10. The Labute approximate surface area is 184 Å². The lowest BCUT2D eigenvalue weighted by atomic mass is 10.1. The van der Waals surface area contributed by atoms with Gasteiger partial charge in [0.25, 0.3) is 5.91 Å². The fourth-order valence-corrected chi connectivity index (χ4v) is 2.93. The number of benzene rings is 2. The molecule has 9 heteroatoms. The topological polar surface area (TPSA) is 153 Å². The molecule has 0 saturated carbocycles. The van der Waals surface area contributed by atoms with Crippen molar-refractivity contribution in [2.24, 2.45) is 16.5 Å². The van der Waals surface area contributed by atoms with Gasteiger partial charge in [-0.05, 0) is 36.4 Å². The summed E-state index contributed by atoms with van der Waals surface area (Å²) >= 11 is 6.10. The molecule has 158 valence electrons. The van der Waals surface area contributed by atoms with Crippen molar-refractivity contribution in [3.63, 3.8) is 0 Å². The molecule has 0 aliphatic rings. The fourth-order valence-electron chi connectivity index (χ4n) is 2.76. The number of aliphatic hydroxyl groups is 1. The van der Waals surface area contributed by atoms with Crippen molar-refractivity contribution in [3.8, 4) is 11.8 Å². The van der Waals surface area contributed by atoms with E-state index >= 15 is 0 Å². The van der Waals surface area contributed by atoms with Gasteiger partial charge in [0.05, 0.1) is 18.2 Å². The van der Waals surface area contributed by atoms with Gasteiger partial charge in [0.2, 0.25) is 0 Å². The van der Waals surface area contributed by atoms with E-state index in [-0.39, 0.29) is 25.0 Å². The van der Waals surface area contributed by atoms with Gasteiger partial charge < -0.3 is 27.6 Å². The second-order valence-corrected chi connectivity index (χ2v) is 7.14. The first-order valence-corrected chi connectivity index (χ1v) is 9.69. The molecule has 31 heavy (non-hydrogen) atoms. The second-order valence-electron chi connectivity index (χ2n) is 6.71. The van der Waals surface area contributed by atoms with Crippen molar-refractivity contribution < 1.29 is 9.90 Å². The minimum atomic E-state index is -0.885. The van der Waals surface area contributed by atoms with Crippen LogP contribution in [0.4, 0.5) is 5.82 Å². The standard InChI is InChI=1S/C22H21ClN6O2/c23-16-7-6-15-10-27-20(24)18(19(15)9-16)8-3-13-1-4-14(5-2-13)21(31)28-11-17(30)12-29-22(25)26/h1-2,4-7,9-10,17,30H,11-12H2,(H2,24,27)(H,28,31)(H4,25,26,29). The molecule has 8 nitrogen and oxygen atoms in total. The minimum absolute atomic E-state index is 0.00844. The minimum Gasteiger partial charge on any atom is -0.389 e. The molecule has 0 fully saturated rings. The number of fused-ring (bicyclic) bond motifs is 1. The molecule has 0 saturated heterocycles. The molecule has 1 amide bonds. The molecule has 2 aromatic carbocycles. The number of halogens is 1. The molecule has 1 unspecified atom stereocenters. The van der Waals surface area contributed by atoms with Gasteiger partial charge >= 0.3 is 0 Å². The predicted octanol–water partition coefficient (Wildman–Crippen LogP) is 1.23. The molecule has 3 aromatic rings. The van der Waals surface area contributed by atoms with E-state index in [0.717, 1.165) is 10.8 Å². The summed E-state index contributed by atoms with van der Waals surface area (Å²) in [6.07, 6.45) is 0.790. The quantitative estimate of drug-likeness (QED) is 0.230. The summed E-state index contributed by atoms with van der Waals surface area (Å²) in [5, 5.41) is 14.7. The largest absolute Gasteiger partial charge is 0.389 e. The molecular formula is C22H21ClN6O2. The van der Waals surface area contributed by atoms with Crippen LogP contribution in [0.2, 0.25) is 5.02 Å². The average Bonchev–Trinajstić information content (AvgIpc) is 2.75. The van der Waals surface area contributed by atoms with Crippen LogP contribution in [0.25, 0.3) is 10.8 Å². The van der Waals surface area contributed by atoms with Crippen LogP contribution in [0, 0.1) is 11.8 Å². The number of nitrogen functional groups attached to an aromatic ring is 1. The van der Waals surface area contributed by atoms with E-state index in [4.69, 9.17) is 28.8 Å². The van der Waals surface area contributed by atoms with Crippen molar-refractivity contribution >= 4 is 40.1 Å². The highest BCUT2D eigenvalue weighted by atomic mass is 35.5. The van der Waals surface area contributed by atoms with Crippen molar-refractivity contribution in [2.45, 2.75) is 6.10 Å². The number of anilines is 1. The fraction of sp³-hybridized carbons (Fsp3) is 0.136. The highest BCUT2D eigenvalue weighted by Crippen LogP contribution is 2.24. The van der Waals surface area contributed by atoms with Gasteiger partial charge in [-0.25, -0.2) is 4.98 Å². The lowest BCUT2D eigenvalue weighted by Crippen LogP contribution is -2.34. The highest BCUT2D eigenvalue weighted by molar-refractivity contribution is 6.31. The van der Waals surface area contributed by atoms with Gasteiger partial charge in [0.15, 0.2) is 5.96 Å². The highest BCUT2D eigenvalue weighted by Gasteiger charge is 2.09. The molecular weight excluding hydrogens is 416 g/mol. The van der Waals surface area contributed by atoms with Gasteiger partial charge in [-0.15, -0.1) is 0 Å². The molecule has 0 aliphatic carbocycles. The Bertz CT molecular complexity index is 1190. The Hall–Kier alpha value is -3.80.